The summed E-state index contributed by atoms with van der Waals surface area (Å²) in [5, 5.41) is 16.2. The molecule has 6 heteroatoms. The summed E-state index contributed by atoms with van der Waals surface area (Å²) in [6, 6.07) is 3.66. The van der Waals surface area contributed by atoms with Gasteiger partial charge in [0.25, 0.3) is 0 Å². The van der Waals surface area contributed by atoms with E-state index in [0.717, 1.165) is 10.8 Å². The molecule has 20 heavy (non-hydrogen) atoms. The maximum absolute atomic E-state index is 9.90. The molecule has 2 aromatic heterocycles. The molecule has 5 nitrogen and oxygen atoms in total. The number of aliphatic hydroxyl groups is 1. The van der Waals surface area contributed by atoms with E-state index in [1.54, 1.807) is 23.8 Å². The van der Waals surface area contributed by atoms with E-state index in [1.807, 2.05) is 31.4 Å². The van der Waals surface area contributed by atoms with E-state index in [4.69, 9.17) is 9.15 Å². The van der Waals surface area contributed by atoms with Gasteiger partial charge in [-0.25, -0.2) is 4.98 Å². The zero-order valence-corrected chi connectivity index (χ0v) is 12.5. The van der Waals surface area contributed by atoms with Crippen molar-refractivity contribution >= 4 is 11.3 Å². The van der Waals surface area contributed by atoms with Crippen molar-refractivity contribution in [3.8, 4) is 0 Å². The Balaban J connectivity index is 1.68. The third-order valence-corrected chi connectivity index (χ3v) is 3.98. The minimum Gasteiger partial charge on any atom is -0.467 e. The third kappa shape index (κ3) is 4.42. The van der Waals surface area contributed by atoms with Gasteiger partial charge in [-0.15, -0.1) is 11.3 Å². The van der Waals surface area contributed by atoms with Crippen molar-refractivity contribution in [2.75, 3.05) is 13.2 Å². The summed E-state index contributed by atoms with van der Waals surface area (Å²) in [5.74, 6) is 0.758. The lowest BCUT2D eigenvalue weighted by Crippen LogP contribution is -2.42. The molecular weight excluding hydrogens is 276 g/mol. The molecule has 0 saturated heterocycles. The molecule has 0 radical (unpaired) electrons. The molecule has 1 atom stereocenters. The first kappa shape index (κ1) is 15.2. The Bertz CT molecular complexity index is 483. The van der Waals surface area contributed by atoms with Crippen LogP contribution in [0, 0.1) is 0 Å². The highest BCUT2D eigenvalue weighted by molar-refractivity contribution is 7.09. The summed E-state index contributed by atoms with van der Waals surface area (Å²) in [6.07, 6.45) is 2.82. The highest BCUT2D eigenvalue weighted by Crippen LogP contribution is 2.21. The maximum Gasteiger partial charge on any atom is 0.129 e. The fourth-order valence-electron chi connectivity index (χ4n) is 1.73. The van der Waals surface area contributed by atoms with Crippen LogP contribution in [0.3, 0.4) is 0 Å². The third-order valence-electron chi connectivity index (χ3n) is 2.88. The van der Waals surface area contributed by atoms with Crippen LogP contribution in [-0.2, 0) is 16.9 Å². The van der Waals surface area contributed by atoms with Gasteiger partial charge in [-0.3, -0.25) is 0 Å². The normalized spacial score (nSPS) is 13.6. The number of rotatable bonds is 8. The number of nitrogens with zero attached hydrogens (tertiary/aromatic N) is 1. The van der Waals surface area contributed by atoms with E-state index in [9.17, 15) is 5.11 Å². The average molecular weight is 296 g/mol. The molecule has 1 unspecified atom stereocenters. The first-order valence-electron chi connectivity index (χ1n) is 6.51. The average Bonchev–Trinajstić information content (AvgIpc) is 3.09. The number of aromatic nitrogens is 1. The lowest BCUT2D eigenvalue weighted by atomic mass is 10.1. The van der Waals surface area contributed by atoms with E-state index in [-0.39, 0.29) is 12.1 Å². The van der Waals surface area contributed by atoms with Crippen molar-refractivity contribution in [3.63, 3.8) is 0 Å². The van der Waals surface area contributed by atoms with Gasteiger partial charge in [-0.2, -0.15) is 0 Å². The minimum absolute atomic E-state index is 0.254. The van der Waals surface area contributed by atoms with Crippen molar-refractivity contribution in [2.45, 2.75) is 32.1 Å². The fraction of sp³-hybridized carbons (Fsp3) is 0.500. The SMILES string of the molecule is CC(C)(NCC(O)COCc1ccco1)c1nccs1. The first-order chi connectivity index (χ1) is 9.58. The smallest absolute Gasteiger partial charge is 0.129 e. The number of hydrogen-bond donors (Lipinski definition) is 2. The molecule has 2 aromatic rings. The van der Waals surface area contributed by atoms with Gasteiger partial charge in [0.2, 0.25) is 0 Å². The van der Waals surface area contributed by atoms with Gasteiger partial charge < -0.3 is 19.6 Å². The molecular formula is C14H20N2O3S. The Morgan fingerprint density at radius 1 is 1.55 bits per heavy atom. The molecule has 0 saturated carbocycles. The summed E-state index contributed by atoms with van der Waals surface area (Å²) in [6.45, 7) is 5.18. The Hall–Kier alpha value is -1.21. The van der Waals surface area contributed by atoms with Crippen LogP contribution >= 0.6 is 11.3 Å². The highest BCUT2D eigenvalue weighted by atomic mass is 32.1. The van der Waals surface area contributed by atoms with Gasteiger partial charge in [-0.05, 0) is 26.0 Å². The summed E-state index contributed by atoms with van der Waals surface area (Å²) >= 11 is 1.60. The zero-order chi connectivity index (χ0) is 14.4. The first-order valence-corrected chi connectivity index (χ1v) is 7.39. The molecule has 2 N–H and O–H groups in total. The highest BCUT2D eigenvalue weighted by Gasteiger charge is 2.23. The van der Waals surface area contributed by atoms with Gasteiger partial charge in [-0.1, -0.05) is 0 Å². The van der Waals surface area contributed by atoms with Gasteiger partial charge in [0.1, 0.15) is 17.4 Å². The molecule has 0 spiro atoms. The Kier molecular flexibility index (Phi) is 5.31. The summed E-state index contributed by atoms with van der Waals surface area (Å²) in [7, 11) is 0. The lowest BCUT2D eigenvalue weighted by molar-refractivity contribution is 0.0197. The van der Waals surface area contributed by atoms with Gasteiger partial charge >= 0.3 is 0 Å². The lowest BCUT2D eigenvalue weighted by Gasteiger charge is -2.25. The van der Waals surface area contributed by atoms with Gasteiger partial charge in [0, 0.05) is 18.1 Å². The van der Waals surface area contributed by atoms with Crippen LogP contribution in [0.2, 0.25) is 0 Å². The predicted molar refractivity (Wildman–Crippen MR) is 77.5 cm³/mol. The quantitative estimate of drug-likeness (QED) is 0.781. The molecule has 0 aliphatic carbocycles. The zero-order valence-electron chi connectivity index (χ0n) is 11.7. The minimum atomic E-state index is -0.566. The van der Waals surface area contributed by atoms with Crippen molar-refractivity contribution in [3.05, 3.63) is 40.7 Å². The van der Waals surface area contributed by atoms with E-state index >= 15 is 0 Å². The second-order valence-corrected chi connectivity index (χ2v) is 5.99. The number of ether oxygens (including phenoxy) is 1. The molecule has 0 aliphatic heterocycles. The fourth-order valence-corrected chi connectivity index (χ4v) is 2.47. The van der Waals surface area contributed by atoms with E-state index in [2.05, 4.69) is 10.3 Å². The second-order valence-electron chi connectivity index (χ2n) is 5.09. The molecule has 0 fully saturated rings. The van der Waals surface area contributed by atoms with E-state index in [1.165, 1.54) is 0 Å². The molecule has 2 rings (SSSR count). The Labute approximate surface area is 122 Å². The number of nitrogens with one attached hydrogen (secondary N) is 1. The van der Waals surface area contributed by atoms with Crippen molar-refractivity contribution in [2.24, 2.45) is 0 Å². The molecule has 0 aliphatic rings. The number of aliphatic hydroxyl groups excluding tert-OH is 1. The molecule has 110 valence electrons. The maximum atomic E-state index is 9.90. The van der Waals surface area contributed by atoms with Crippen molar-refractivity contribution in [1.82, 2.24) is 10.3 Å². The van der Waals surface area contributed by atoms with Crippen LogP contribution in [0.1, 0.15) is 24.6 Å². The number of thiazole rings is 1. The van der Waals surface area contributed by atoms with Crippen LogP contribution in [-0.4, -0.2) is 29.3 Å². The summed E-state index contributed by atoms with van der Waals surface area (Å²) < 4.78 is 10.5. The monoisotopic (exact) mass is 296 g/mol. The van der Waals surface area contributed by atoms with E-state index in [0.29, 0.717) is 13.2 Å². The molecule has 0 amide bonds. The Morgan fingerprint density at radius 2 is 2.40 bits per heavy atom. The Morgan fingerprint density at radius 3 is 3.05 bits per heavy atom. The molecule has 0 aromatic carbocycles. The second kappa shape index (κ2) is 6.99. The number of furan rings is 1. The largest absolute Gasteiger partial charge is 0.467 e. The van der Waals surface area contributed by atoms with Crippen LogP contribution < -0.4 is 5.32 Å². The topological polar surface area (TPSA) is 67.5 Å². The van der Waals surface area contributed by atoms with Crippen LogP contribution in [0.5, 0.6) is 0 Å². The predicted octanol–water partition coefficient (Wildman–Crippen LogP) is 2.14. The number of hydrogen-bond acceptors (Lipinski definition) is 6. The van der Waals surface area contributed by atoms with Crippen molar-refractivity contribution < 1.29 is 14.3 Å². The van der Waals surface area contributed by atoms with Gasteiger partial charge in [0.15, 0.2) is 0 Å². The summed E-state index contributed by atoms with van der Waals surface area (Å²) in [5.41, 5.74) is -0.254. The van der Waals surface area contributed by atoms with E-state index < -0.39 is 6.10 Å². The van der Waals surface area contributed by atoms with Crippen LogP contribution in [0.15, 0.2) is 34.4 Å². The standard InChI is InChI=1S/C14H20N2O3S/c1-14(2,13-15-5-7-20-13)16-8-11(17)9-18-10-12-4-3-6-19-12/h3-7,11,16-17H,8-10H2,1-2H3. The van der Waals surface area contributed by atoms with Crippen molar-refractivity contribution in [1.29, 1.82) is 0 Å². The molecule has 0 bridgehead atoms. The van der Waals surface area contributed by atoms with Crippen LogP contribution in [0.4, 0.5) is 0 Å². The molecule has 2 heterocycles. The summed E-state index contributed by atoms with van der Waals surface area (Å²) in [4.78, 5) is 4.29. The van der Waals surface area contributed by atoms with Gasteiger partial charge in [0.05, 0.1) is 24.5 Å². The van der Waals surface area contributed by atoms with Crippen LogP contribution in [0.25, 0.3) is 0 Å².